The topological polar surface area (TPSA) is 110 Å². The van der Waals surface area contributed by atoms with Gasteiger partial charge in [0.05, 0.1) is 28.9 Å². The molecule has 1 saturated heterocycles. The molecule has 0 radical (unpaired) electrons. The fraction of sp³-hybridized carbons (Fsp3) is 0.435. The Labute approximate surface area is 199 Å². The summed E-state index contributed by atoms with van der Waals surface area (Å²) in [5.74, 6) is -1.55. The van der Waals surface area contributed by atoms with Crippen LogP contribution in [0.4, 0.5) is 15.8 Å². The third-order valence-electron chi connectivity index (χ3n) is 6.13. The van der Waals surface area contributed by atoms with Gasteiger partial charge in [-0.05, 0) is 61.8 Å². The molecule has 184 valence electrons. The van der Waals surface area contributed by atoms with Gasteiger partial charge in [0.25, 0.3) is 10.0 Å². The second-order valence-corrected chi connectivity index (χ2v) is 12.4. The summed E-state index contributed by atoms with van der Waals surface area (Å²) >= 11 is 0. The van der Waals surface area contributed by atoms with Gasteiger partial charge in [0.2, 0.25) is 0 Å². The number of halogens is 1. The van der Waals surface area contributed by atoms with Crippen LogP contribution in [0.1, 0.15) is 53.9 Å². The van der Waals surface area contributed by atoms with E-state index in [2.05, 4.69) is 4.72 Å². The fourth-order valence-corrected chi connectivity index (χ4v) is 6.38. The quantitative estimate of drug-likeness (QED) is 0.566. The van der Waals surface area contributed by atoms with Gasteiger partial charge < -0.3 is 9.64 Å². The van der Waals surface area contributed by atoms with Crippen LogP contribution in [0.25, 0.3) is 0 Å². The minimum absolute atomic E-state index is 0.0195. The van der Waals surface area contributed by atoms with Gasteiger partial charge in [0.15, 0.2) is 9.84 Å². The minimum atomic E-state index is -4.25. The van der Waals surface area contributed by atoms with E-state index in [4.69, 9.17) is 4.74 Å². The molecule has 1 aliphatic carbocycles. The van der Waals surface area contributed by atoms with Crippen molar-refractivity contribution in [1.82, 2.24) is 0 Å². The van der Waals surface area contributed by atoms with E-state index in [9.17, 15) is 26.0 Å². The molecular weight excluding hydrogens is 483 g/mol. The fourth-order valence-electron chi connectivity index (χ4n) is 4.25. The lowest BCUT2D eigenvalue weighted by atomic mass is 10.1. The number of rotatable bonds is 7. The average molecular weight is 511 g/mol. The number of anilines is 2. The molecule has 1 aliphatic heterocycles. The lowest BCUT2D eigenvalue weighted by molar-refractivity contribution is 0.0600. The van der Waals surface area contributed by atoms with Crippen LogP contribution >= 0.6 is 0 Å². The van der Waals surface area contributed by atoms with Crippen molar-refractivity contribution in [2.45, 2.75) is 47.8 Å². The van der Waals surface area contributed by atoms with E-state index in [1.807, 2.05) is 4.90 Å². The van der Waals surface area contributed by atoms with E-state index in [0.29, 0.717) is 18.7 Å². The Balaban J connectivity index is 1.83. The Morgan fingerprint density at radius 3 is 2.29 bits per heavy atom. The number of sulfonamides is 1. The molecule has 0 aromatic heterocycles. The Morgan fingerprint density at radius 2 is 1.71 bits per heavy atom. The summed E-state index contributed by atoms with van der Waals surface area (Å²) in [4.78, 5) is 13.2. The van der Waals surface area contributed by atoms with E-state index in [1.54, 1.807) is 6.07 Å². The summed E-state index contributed by atoms with van der Waals surface area (Å²) in [7, 11) is -6.99. The van der Waals surface area contributed by atoms with E-state index < -0.39 is 36.5 Å². The largest absolute Gasteiger partial charge is 0.465 e. The molecule has 0 amide bonds. The standard InChI is InChI=1S/C23H27FN2O6S2/c1-32-23(27)16-8-9-17(15-6-7-15)21(12-16)34(30,31)25-19-14-22(33(2,28)29)18(24)13-20(19)26-10-4-3-5-11-26/h8-9,12-15,25H,3-7,10-11H2,1-2H3. The third-order valence-corrected chi connectivity index (χ3v) is 8.67. The monoisotopic (exact) mass is 510 g/mol. The lowest BCUT2D eigenvalue weighted by Gasteiger charge is -2.31. The molecule has 0 spiro atoms. The van der Waals surface area contributed by atoms with E-state index >= 15 is 0 Å². The van der Waals surface area contributed by atoms with Crippen molar-refractivity contribution in [2.24, 2.45) is 0 Å². The first-order chi connectivity index (χ1) is 16.0. The summed E-state index contributed by atoms with van der Waals surface area (Å²) in [5, 5.41) is 0. The van der Waals surface area contributed by atoms with Crippen LogP contribution in [0.15, 0.2) is 40.1 Å². The maximum atomic E-state index is 14.8. The summed E-state index contributed by atoms with van der Waals surface area (Å²) in [6.07, 6.45) is 5.24. The maximum Gasteiger partial charge on any atom is 0.337 e. The first kappa shape index (κ1) is 24.5. The zero-order chi connectivity index (χ0) is 24.7. The smallest absolute Gasteiger partial charge is 0.337 e. The number of methoxy groups -OCH3 is 1. The molecule has 2 aliphatic rings. The highest BCUT2D eigenvalue weighted by atomic mass is 32.2. The van der Waals surface area contributed by atoms with E-state index in [1.165, 1.54) is 19.2 Å². The van der Waals surface area contributed by atoms with Crippen molar-refractivity contribution in [3.8, 4) is 0 Å². The van der Waals surface area contributed by atoms with Crippen LogP contribution in [-0.4, -0.2) is 49.3 Å². The first-order valence-corrected chi connectivity index (χ1v) is 14.4. The lowest BCUT2D eigenvalue weighted by Crippen LogP contribution is -2.31. The number of carbonyl (C=O) groups is 1. The molecule has 4 rings (SSSR count). The van der Waals surface area contributed by atoms with Crippen molar-refractivity contribution >= 4 is 37.2 Å². The van der Waals surface area contributed by atoms with Crippen molar-refractivity contribution in [3.05, 3.63) is 47.3 Å². The normalized spacial score (nSPS) is 16.9. The number of hydrogen-bond acceptors (Lipinski definition) is 7. The zero-order valence-electron chi connectivity index (χ0n) is 19.0. The van der Waals surface area contributed by atoms with Gasteiger partial charge in [-0.15, -0.1) is 0 Å². The number of piperidine rings is 1. The number of nitrogens with zero attached hydrogens (tertiary/aromatic N) is 1. The number of carbonyl (C=O) groups excluding carboxylic acids is 1. The summed E-state index contributed by atoms with van der Waals surface area (Å²) in [6.45, 7) is 1.19. The molecule has 2 aromatic rings. The first-order valence-electron chi connectivity index (χ1n) is 11.0. The minimum Gasteiger partial charge on any atom is -0.465 e. The number of esters is 1. The molecular formula is C23H27FN2O6S2. The highest BCUT2D eigenvalue weighted by Gasteiger charge is 2.32. The molecule has 1 heterocycles. The molecule has 34 heavy (non-hydrogen) atoms. The van der Waals surface area contributed by atoms with Gasteiger partial charge in [-0.1, -0.05) is 6.07 Å². The predicted molar refractivity (Wildman–Crippen MR) is 126 cm³/mol. The molecule has 2 fully saturated rings. The zero-order valence-corrected chi connectivity index (χ0v) is 20.6. The van der Waals surface area contributed by atoms with Gasteiger partial charge in [-0.2, -0.15) is 0 Å². The molecule has 0 unspecified atom stereocenters. The molecule has 0 atom stereocenters. The Kier molecular flexibility index (Phi) is 6.61. The molecule has 11 heteroatoms. The van der Waals surface area contributed by atoms with E-state index in [-0.39, 0.29) is 27.8 Å². The summed E-state index contributed by atoms with van der Waals surface area (Å²) in [6, 6.07) is 6.51. The van der Waals surface area contributed by atoms with Crippen LogP contribution in [0.5, 0.6) is 0 Å². The predicted octanol–water partition coefficient (Wildman–Crippen LogP) is 3.68. The van der Waals surface area contributed by atoms with Crippen molar-refractivity contribution in [3.63, 3.8) is 0 Å². The van der Waals surface area contributed by atoms with Crippen LogP contribution in [0.2, 0.25) is 0 Å². The molecule has 8 nitrogen and oxygen atoms in total. The average Bonchev–Trinajstić information content (AvgIpc) is 3.64. The van der Waals surface area contributed by atoms with Crippen LogP contribution < -0.4 is 9.62 Å². The van der Waals surface area contributed by atoms with Crippen LogP contribution in [0.3, 0.4) is 0 Å². The highest BCUT2D eigenvalue weighted by molar-refractivity contribution is 7.92. The number of hydrogen-bond donors (Lipinski definition) is 1. The molecule has 2 aromatic carbocycles. The third kappa shape index (κ3) is 5.05. The molecule has 1 N–H and O–H groups in total. The van der Waals surface area contributed by atoms with Crippen molar-refractivity contribution < 1.29 is 30.8 Å². The van der Waals surface area contributed by atoms with Gasteiger partial charge in [-0.25, -0.2) is 26.0 Å². The van der Waals surface area contributed by atoms with Gasteiger partial charge >= 0.3 is 5.97 Å². The highest BCUT2D eigenvalue weighted by Crippen LogP contribution is 2.44. The van der Waals surface area contributed by atoms with Crippen molar-refractivity contribution in [1.29, 1.82) is 0 Å². The van der Waals surface area contributed by atoms with Gasteiger partial charge in [-0.3, -0.25) is 4.72 Å². The second kappa shape index (κ2) is 9.18. The number of sulfone groups is 1. The number of ether oxygens (including phenoxy) is 1. The maximum absolute atomic E-state index is 14.8. The second-order valence-electron chi connectivity index (χ2n) is 8.74. The van der Waals surface area contributed by atoms with Crippen molar-refractivity contribution in [2.75, 3.05) is 36.1 Å². The number of benzene rings is 2. The Hall–Kier alpha value is -2.66. The van der Waals surface area contributed by atoms with Gasteiger partial charge in [0.1, 0.15) is 10.7 Å². The van der Waals surface area contributed by atoms with Crippen LogP contribution in [0, 0.1) is 5.82 Å². The Morgan fingerprint density at radius 1 is 1.03 bits per heavy atom. The summed E-state index contributed by atoms with van der Waals surface area (Å²) in [5.41, 5.74) is 0.920. The van der Waals surface area contributed by atoms with E-state index in [0.717, 1.165) is 50.5 Å². The Bertz CT molecular complexity index is 1330. The van der Waals surface area contributed by atoms with Gasteiger partial charge in [0, 0.05) is 25.4 Å². The SMILES string of the molecule is COC(=O)c1ccc(C2CC2)c(S(=O)(=O)Nc2cc(S(C)(=O)=O)c(F)cc2N2CCCCC2)c1. The molecule has 0 bridgehead atoms. The number of nitrogens with one attached hydrogen (secondary N) is 1. The summed E-state index contributed by atoms with van der Waals surface area (Å²) < 4.78 is 73.4. The molecule has 1 saturated carbocycles. The van der Waals surface area contributed by atoms with Crippen LogP contribution in [-0.2, 0) is 24.6 Å².